The third-order valence-corrected chi connectivity index (χ3v) is 9.78. The average Bonchev–Trinajstić information content (AvgIpc) is 3.62. The third kappa shape index (κ3) is 5.32. The molecule has 0 aliphatic rings. The molecule has 0 bridgehead atoms. The van der Waals surface area contributed by atoms with Crippen molar-refractivity contribution in [1.82, 2.24) is 29.5 Å². The predicted octanol–water partition coefficient (Wildman–Crippen LogP) is 5.36. The van der Waals surface area contributed by atoms with Gasteiger partial charge in [-0.05, 0) is 39.8 Å². The van der Waals surface area contributed by atoms with Crippen LogP contribution in [0.4, 0.5) is 0 Å². The number of aryl methyl sites for hydroxylation is 3. The number of aromatic amines is 2. The maximum Gasteiger partial charge on any atom is 0.200 e. The van der Waals surface area contributed by atoms with Crippen molar-refractivity contribution in [1.29, 1.82) is 0 Å². The van der Waals surface area contributed by atoms with Gasteiger partial charge in [-0.3, -0.25) is 14.0 Å². The van der Waals surface area contributed by atoms with Gasteiger partial charge in [-0.2, -0.15) is 0 Å². The highest BCUT2D eigenvalue weighted by atomic mass is 32.2. The summed E-state index contributed by atoms with van der Waals surface area (Å²) in [5.41, 5.74) is 9.00. The summed E-state index contributed by atoms with van der Waals surface area (Å²) in [5.74, 6) is 2.85. The Labute approximate surface area is 268 Å². The SMILES string of the molecule is COc1cc(-c2cc(OC)cc3c2nc(S(=O)Cc2ncc(C)c(OC)c2C)n3C)c2nc(Cc3[nH]cc(C)c(=O)c3C)[nH]c2c1. The zero-order valence-corrected chi connectivity index (χ0v) is 27.9. The van der Waals surface area contributed by atoms with Gasteiger partial charge in [0.05, 0.1) is 65.6 Å². The van der Waals surface area contributed by atoms with Gasteiger partial charge < -0.3 is 28.7 Å². The number of benzene rings is 2. The molecule has 0 amide bonds. The minimum atomic E-state index is -1.52. The van der Waals surface area contributed by atoms with E-state index >= 15 is 0 Å². The molecule has 46 heavy (non-hydrogen) atoms. The summed E-state index contributed by atoms with van der Waals surface area (Å²) in [6, 6.07) is 7.59. The van der Waals surface area contributed by atoms with E-state index < -0.39 is 10.8 Å². The number of fused-ring (bicyclic) bond motifs is 2. The van der Waals surface area contributed by atoms with E-state index in [4.69, 9.17) is 24.2 Å². The quantitative estimate of drug-likeness (QED) is 0.216. The van der Waals surface area contributed by atoms with Crippen LogP contribution < -0.4 is 19.6 Å². The lowest BCUT2D eigenvalue weighted by atomic mass is 10.0. The molecule has 1 atom stereocenters. The summed E-state index contributed by atoms with van der Waals surface area (Å²) >= 11 is 0. The van der Waals surface area contributed by atoms with Crippen molar-refractivity contribution in [3.8, 4) is 28.4 Å². The van der Waals surface area contributed by atoms with Gasteiger partial charge in [0.2, 0.25) is 0 Å². The van der Waals surface area contributed by atoms with Crippen LogP contribution in [0.25, 0.3) is 33.2 Å². The Morgan fingerprint density at radius 1 is 0.870 bits per heavy atom. The highest BCUT2D eigenvalue weighted by molar-refractivity contribution is 7.84. The molecule has 2 N–H and O–H groups in total. The van der Waals surface area contributed by atoms with Gasteiger partial charge in [0.25, 0.3) is 0 Å². The molecule has 0 aliphatic carbocycles. The molecule has 0 saturated heterocycles. The number of hydrogen-bond donors (Lipinski definition) is 2. The zero-order valence-electron chi connectivity index (χ0n) is 27.1. The van der Waals surface area contributed by atoms with E-state index in [1.165, 1.54) is 0 Å². The fourth-order valence-corrected chi connectivity index (χ4v) is 7.14. The first-order chi connectivity index (χ1) is 22.0. The minimum absolute atomic E-state index is 0.0155. The van der Waals surface area contributed by atoms with Gasteiger partial charge in [-0.1, -0.05) is 0 Å². The Balaban J connectivity index is 1.48. The van der Waals surface area contributed by atoms with Gasteiger partial charge in [0.1, 0.15) is 23.1 Å². The molecule has 0 radical (unpaired) electrons. The minimum Gasteiger partial charge on any atom is -0.497 e. The van der Waals surface area contributed by atoms with Crippen molar-refractivity contribution in [2.45, 2.75) is 45.0 Å². The lowest BCUT2D eigenvalue weighted by molar-refractivity contribution is 0.407. The van der Waals surface area contributed by atoms with E-state index in [9.17, 15) is 9.00 Å². The van der Waals surface area contributed by atoms with Crippen LogP contribution in [0, 0.1) is 27.7 Å². The van der Waals surface area contributed by atoms with E-state index in [1.54, 1.807) is 40.6 Å². The zero-order chi connectivity index (χ0) is 32.9. The van der Waals surface area contributed by atoms with Crippen molar-refractivity contribution in [2.75, 3.05) is 21.3 Å². The van der Waals surface area contributed by atoms with Crippen LogP contribution >= 0.6 is 0 Å². The number of hydrogen-bond acceptors (Lipinski definition) is 8. The smallest absolute Gasteiger partial charge is 0.200 e. The van der Waals surface area contributed by atoms with Crippen LogP contribution in [0.1, 0.15) is 39.5 Å². The predicted molar refractivity (Wildman–Crippen MR) is 179 cm³/mol. The maximum absolute atomic E-state index is 13.9. The highest BCUT2D eigenvalue weighted by Crippen LogP contribution is 2.39. The molecule has 4 heterocycles. The summed E-state index contributed by atoms with van der Waals surface area (Å²) in [6.07, 6.45) is 3.87. The van der Waals surface area contributed by atoms with Gasteiger partial charge in [0, 0.05) is 77.1 Å². The number of ether oxygens (including phenoxy) is 3. The van der Waals surface area contributed by atoms with Gasteiger partial charge in [-0.15, -0.1) is 0 Å². The Morgan fingerprint density at radius 3 is 2.26 bits per heavy atom. The summed E-state index contributed by atoms with van der Waals surface area (Å²) in [5, 5.41) is 0.408. The molecule has 12 heteroatoms. The number of rotatable bonds is 9. The van der Waals surface area contributed by atoms with E-state index in [0.29, 0.717) is 56.8 Å². The standard InChI is InChI=1S/C34H36N6O5S/c1-17-14-35-25(19(3)32(17)41)13-29-37-26-11-21(43-6)9-23(30(26)38-29)24-10-22(44-7)12-28-31(24)39-34(40(28)5)46(42)16-27-20(4)33(45-8)18(2)15-36-27/h9-12,14-15H,13,16H2,1-8H3,(H,35,41)(H,37,38). The topological polar surface area (TPSA) is 137 Å². The molecule has 2 aromatic carbocycles. The van der Waals surface area contributed by atoms with Crippen LogP contribution in [0.3, 0.4) is 0 Å². The second-order valence-corrected chi connectivity index (χ2v) is 12.7. The number of nitrogens with zero attached hydrogens (tertiary/aromatic N) is 4. The lowest BCUT2D eigenvalue weighted by Crippen LogP contribution is -2.13. The van der Waals surface area contributed by atoms with Crippen molar-refractivity contribution < 1.29 is 18.4 Å². The van der Waals surface area contributed by atoms with Gasteiger partial charge >= 0.3 is 0 Å². The van der Waals surface area contributed by atoms with Gasteiger partial charge in [0.15, 0.2) is 10.6 Å². The molecular formula is C34H36N6O5S. The molecule has 0 fully saturated rings. The van der Waals surface area contributed by atoms with Crippen LogP contribution in [-0.2, 0) is 30.0 Å². The number of methoxy groups -OCH3 is 3. The van der Waals surface area contributed by atoms with Crippen molar-refractivity contribution in [3.05, 3.63) is 86.3 Å². The first kappa shape index (κ1) is 31.0. The van der Waals surface area contributed by atoms with Crippen LogP contribution in [0.2, 0.25) is 0 Å². The Kier molecular flexibility index (Phi) is 8.15. The molecule has 0 spiro atoms. The Bertz CT molecular complexity index is 2230. The number of imidazole rings is 2. The fourth-order valence-electron chi connectivity index (χ4n) is 5.87. The number of pyridine rings is 2. The monoisotopic (exact) mass is 640 g/mol. The van der Waals surface area contributed by atoms with Crippen LogP contribution in [0.5, 0.6) is 17.2 Å². The molecule has 238 valence electrons. The average molecular weight is 641 g/mol. The van der Waals surface area contributed by atoms with E-state index in [1.807, 2.05) is 56.7 Å². The second kappa shape index (κ2) is 12.1. The molecule has 0 saturated carbocycles. The summed E-state index contributed by atoms with van der Waals surface area (Å²) in [6.45, 7) is 7.47. The number of H-pyrrole nitrogens is 2. The van der Waals surface area contributed by atoms with E-state index in [-0.39, 0.29) is 11.2 Å². The summed E-state index contributed by atoms with van der Waals surface area (Å²) < 4.78 is 32.6. The number of aromatic nitrogens is 6. The summed E-state index contributed by atoms with van der Waals surface area (Å²) in [7, 11) is 5.17. The second-order valence-electron chi connectivity index (χ2n) is 11.4. The first-order valence-electron chi connectivity index (χ1n) is 14.7. The molecule has 6 aromatic rings. The first-order valence-corrected chi connectivity index (χ1v) is 16.0. The van der Waals surface area contributed by atoms with Crippen LogP contribution in [-0.4, -0.2) is 55.0 Å². The van der Waals surface area contributed by atoms with Crippen LogP contribution in [0.15, 0.2) is 46.6 Å². The van der Waals surface area contributed by atoms with E-state index in [0.717, 1.165) is 44.7 Å². The maximum atomic E-state index is 13.9. The fraction of sp³-hybridized carbons (Fsp3) is 0.294. The molecule has 0 aliphatic heterocycles. The summed E-state index contributed by atoms with van der Waals surface area (Å²) in [4.78, 5) is 33.7. The highest BCUT2D eigenvalue weighted by Gasteiger charge is 2.23. The van der Waals surface area contributed by atoms with Crippen molar-refractivity contribution in [2.24, 2.45) is 7.05 Å². The third-order valence-electron chi connectivity index (χ3n) is 8.47. The number of nitrogens with one attached hydrogen (secondary N) is 2. The lowest BCUT2D eigenvalue weighted by Gasteiger charge is -2.12. The molecule has 1 unspecified atom stereocenters. The normalized spacial score (nSPS) is 12.2. The van der Waals surface area contributed by atoms with Crippen molar-refractivity contribution in [3.63, 3.8) is 0 Å². The van der Waals surface area contributed by atoms with E-state index in [2.05, 4.69) is 15.0 Å². The molecule has 4 aromatic heterocycles. The molecule has 11 nitrogen and oxygen atoms in total. The Morgan fingerprint density at radius 2 is 1.57 bits per heavy atom. The molecular weight excluding hydrogens is 604 g/mol. The Hall–Kier alpha value is -4.97. The van der Waals surface area contributed by atoms with Gasteiger partial charge in [-0.25, -0.2) is 9.97 Å². The largest absolute Gasteiger partial charge is 0.497 e. The van der Waals surface area contributed by atoms with Crippen molar-refractivity contribution >= 4 is 32.9 Å². The molecule has 6 rings (SSSR count).